The number of fused-ring (bicyclic) bond motifs is 3. The Kier molecular flexibility index (Phi) is 2.11. The third-order valence-electron chi connectivity index (χ3n) is 3.53. The maximum absolute atomic E-state index is 10.4. The van der Waals surface area contributed by atoms with Gasteiger partial charge in [-0.15, -0.1) is 0 Å². The van der Waals surface area contributed by atoms with Gasteiger partial charge in [0.25, 0.3) is 0 Å². The van der Waals surface area contributed by atoms with Gasteiger partial charge in [0.15, 0.2) is 0 Å². The van der Waals surface area contributed by atoms with Crippen LogP contribution in [0.2, 0.25) is 0 Å². The van der Waals surface area contributed by atoms with Crippen molar-refractivity contribution in [1.82, 2.24) is 4.68 Å². The lowest BCUT2D eigenvalue weighted by Gasteiger charge is -2.05. The number of hydrogen-bond donors (Lipinski definition) is 1. The predicted molar refractivity (Wildman–Crippen MR) is 75.3 cm³/mol. The Balaban J connectivity index is 1.93. The minimum Gasteiger partial charge on any atom is -0.380 e. The van der Waals surface area contributed by atoms with E-state index in [0.717, 1.165) is 22.2 Å². The van der Waals surface area contributed by atoms with Crippen molar-refractivity contribution >= 4 is 16.6 Å². The van der Waals surface area contributed by atoms with Crippen LogP contribution in [0.3, 0.4) is 0 Å². The Morgan fingerprint density at radius 1 is 0.947 bits per heavy atom. The highest BCUT2D eigenvalue weighted by atomic mass is 16.3. The number of nitrogens with zero attached hydrogens (tertiary/aromatic N) is 2. The van der Waals surface area contributed by atoms with Crippen LogP contribution < -0.4 is 0 Å². The SMILES string of the molecule is OC1C(c2ccccc2)=Nn2c1cc1ccccc12. The lowest BCUT2D eigenvalue weighted by molar-refractivity contribution is 0.247. The fraction of sp³-hybridized carbons (Fsp3) is 0.0625. The average molecular weight is 248 g/mol. The van der Waals surface area contributed by atoms with E-state index >= 15 is 0 Å². The van der Waals surface area contributed by atoms with Crippen LogP contribution in [-0.4, -0.2) is 15.5 Å². The molecular weight excluding hydrogens is 236 g/mol. The summed E-state index contributed by atoms with van der Waals surface area (Å²) in [6.07, 6.45) is -0.658. The Hall–Kier alpha value is -2.39. The second kappa shape index (κ2) is 3.80. The Bertz CT molecular complexity index is 787. The van der Waals surface area contributed by atoms with Crippen LogP contribution in [0, 0.1) is 0 Å². The standard InChI is InChI=1S/C16H12N2O/c19-16-14-10-12-8-4-5-9-13(12)18(14)17-15(16)11-6-2-1-3-7-11/h1-10,16,19H. The topological polar surface area (TPSA) is 37.5 Å². The van der Waals surface area contributed by atoms with Gasteiger partial charge in [-0.3, -0.25) is 0 Å². The zero-order valence-corrected chi connectivity index (χ0v) is 10.2. The Morgan fingerprint density at radius 2 is 1.68 bits per heavy atom. The van der Waals surface area contributed by atoms with Crippen molar-refractivity contribution in [3.63, 3.8) is 0 Å². The summed E-state index contributed by atoms with van der Waals surface area (Å²) in [6, 6.07) is 19.8. The molecule has 0 fully saturated rings. The van der Waals surface area contributed by atoms with Gasteiger partial charge in [-0.05, 0) is 12.1 Å². The van der Waals surface area contributed by atoms with Crippen LogP contribution in [0.1, 0.15) is 17.4 Å². The van der Waals surface area contributed by atoms with Crippen LogP contribution >= 0.6 is 0 Å². The number of hydrogen-bond acceptors (Lipinski definition) is 2. The normalized spacial score (nSPS) is 17.5. The maximum atomic E-state index is 10.4. The molecule has 3 aromatic rings. The van der Waals surface area contributed by atoms with Crippen LogP contribution in [0.15, 0.2) is 65.8 Å². The summed E-state index contributed by atoms with van der Waals surface area (Å²) in [7, 11) is 0. The first-order valence-corrected chi connectivity index (χ1v) is 6.27. The Morgan fingerprint density at radius 3 is 2.53 bits per heavy atom. The van der Waals surface area contributed by atoms with Crippen molar-refractivity contribution in [3.8, 4) is 0 Å². The molecule has 1 aliphatic heterocycles. The van der Waals surface area contributed by atoms with Gasteiger partial charge in [0, 0.05) is 10.9 Å². The van der Waals surface area contributed by atoms with Gasteiger partial charge in [-0.25, -0.2) is 4.68 Å². The molecule has 1 N–H and O–H groups in total. The van der Waals surface area contributed by atoms with Gasteiger partial charge < -0.3 is 5.11 Å². The van der Waals surface area contributed by atoms with Crippen molar-refractivity contribution in [2.75, 3.05) is 0 Å². The van der Waals surface area contributed by atoms with E-state index in [-0.39, 0.29) is 0 Å². The summed E-state index contributed by atoms with van der Waals surface area (Å²) in [5.74, 6) is 0. The van der Waals surface area contributed by atoms with Crippen molar-refractivity contribution in [3.05, 3.63) is 71.9 Å². The van der Waals surface area contributed by atoms with Gasteiger partial charge in [-0.2, -0.15) is 5.10 Å². The molecule has 0 radical (unpaired) electrons. The molecule has 4 rings (SSSR count). The van der Waals surface area contributed by atoms with Gasteiger partial charge in [0.1, 0.15) is 11.8 Å². The van der Waals surface area contributed by atoms with Crippen molar-refractivity contribution in [2.45, 2.75) is 6.10 Å². The molecular formula is C16H12N2O. The first-order chi connectivity index (χ1) is 9.34. The number of aliphatic hydroxyl groups is 1. The predicted octanol–water partition coefficient (Wildman–Crippen LogP) is 2.94. The lowest BCUT2D eigenvalue weighted by Crippen LogP contribution is -2.08. The molecule has 2 aromatic carbocycles. The number of aromatic nitrogens is 1. The monoisotopic (exact) mass is 248 g/mol. The van der Waals surface area contributed by atoms with Crippen LogP contribution in [-0.2, 0) is 0 Å². The minimum atomic E-state index is -0.658. The van der Waals surface area contributed by atoms with Crippen LogP contribution in [0.25, 0.3) is 10.9 Å². The van der Waals surface area contributed by atoms with E-state index in [2.05, 4.69) is 5.10 Å². The molecule has 0 spiro atoms. The summed E-state index contributed by atoms with van der Waals surface area (Å²) in [4.78, 5) is 0. The minimum absolute atomic E-state index is 0.658. The summed E-state index contributed by atoms with van der Waals surface area (Å²) in [5.41, 5.74) is 3.53. The highest BCUT2D eigenvalue weighted by molar-refractivity contribution is 6.06. The van der Waals surface area contributed by atoms with E-state index in [1.807, 2.05) is 65.3 Å². The van der Waals surface area contributed by atoms with Crippen LogP contribution in [0.4, 0.5) is 0 Å². The largest absolute Gasteiger partial charge is 0.380 e. The molecule has 1 aromatic heterocycles. The zero-order chi connectivity index (χ0) is 12.8. The fourth-order valence-corrected chi connectivity index (χ4v) is 2.60. The van der Waals surface area contributed by atoms with Crippen molar-refractivity contribution in [1.29, 1.82) is 0 Å². The first-order valence-electron chi connectivity index (χ1n) is 6.27. The molecule has 19 heavy (non-hydrogen) atoms. The van der Waals surface area contributed by atoms with Crippen molar-refractivity contribution in [2.24, 2.45) is 5.10 Å². The van der Waals surface area contributed by atoms with Crippen LogP contribution in [0.5, 0.6) is 0 Å². The smallest absolute Gasteiger partial charge is 0.140 e. The summed E-state index contributed by atoms with van der Waals surface area (Å²) in [5, 5.41) is 16.1. The van der Waals surface area contributed by atoms with E-state index < -0.39 is 6.10 Å². The number of benzene rings is 2. The van der Waals surface area contributed by atoms with E-state index in [1.54, 1.807) is 0 Å². The third-order valence-corrected chi connectivity index (χ3v) is 3.53. The third kappa shape index (κ3) is 1.45. The molecule has 0 aliphatic carbocycles. The summed E-state index contributed by atoms with van der Waals surface area (Å²) < 4.78 is 1.84. The highest BCUT2D eigenvalue weighted by Crippen LogP contribution is 2.31. The van der Waals surface area contributed by atoms with E-state index in [9.17, 15) is 5.11 Å². The number of aliphatic hydroxyl groups excluding tert-OH is 1. The quantitative estimate of drug-likeness (QED) is 0.706. The van der Waals surface area contributed by atoms with Gasteiger partial charge in [0.2, 0.25) is 0 Å². The van der Waals surface area contributed by atoms with Gasteiger partial charge in [0.05, 0.1) is 11.2 Å². The molecule has 1 unspecified atom stereocenters. The van der Waals surface area contributed by atoms with Gasteiger partial charge in [-0.1, -0.05) is 48.5 Å². The first kappa shape index (κ1) is 10.5. The highest BCUT2D eigenvalue weighted by Gasteiger charge is 2.28. The van der Waals surface area contributed by atoms with Gasteiger partial charge >= 0.3 is 0 Å². The second-order valence-electron chi connectivity index (χ2n) is 4.69. The molecule has 92 valence electrons. The van der Waals surface area contributed by atoms with E-state index in [1.165, 1.54) is 0 Å². The van der Waals surface area contributed by atoms with E-state index in [0.29, 0.717) is 5.71 Å². The van der Waals surface area contributed by atoms with E-state index in [4.69, 9.17) is 0 Å². The second-order valence-corrected chi connectivity index (χ2v) is 4.69. The molecule has 3 heteroatoms. The molecule has 2 heterocycles. The molecule has 0 amide bonds. The van der Waals surface area contributed by atoms with Crippen molar-refractivity contribution < 1.29 is 5.11 Å². The maximum Gasteiger partial charge on any atom is 0.140 e. The summed E-state index contributed by atoms with van der Waals surface area (Å²) in [6.45, 7) is 0. The average Bonchev–Trinajstić information content (AvgIpc) is 2.98. The Labute approximate surface area is 110 Å². The molecule has 1 aliphatic rings. The molecule has 0 bridgehead atoms. The molecule has 1 atom stereocenters. The number of para-hydroxylation sites is 1. The lowest BCUT2D eigenvalue weighted by atomic mass is 10.0. The molecule has 3 nitrogen and oxygen atoms in total. The molecule has 0 saturated heterocycles. The molecule has 0 saturated carbocycles. The summed E-state index contributed by atoms with van der Waals surface area (Å²) >= 11 is 0. The zero-order valence-electron chi connectivity index (χ0n) is 10.2. The number of rotatable bonds is 1. The fourth-order valence-electron chi connectivity index (χ4n) is 2.60.